The van der Waals surface area contributed by atoms with Crippen molar-refractivity contribution in [2.24, 2.45) is 4.99 Å². The second kappa shape index (κ2) is 6.87. The van der Waals surface area contributed by atoms with Crippen molar-refractivity contribution >= 4 is 28.0 Å². The molecule has 1 aliphatic rings. The maximum Gasteiger partial charge on any atom is 0.171 e. The van der Waals surface area contributed by atoms with Gasteiger partial charge in [0.2, 0.25) is 0 Å². The summed E-state index contributed by atoms with van der Waals surface area (Å²) in [7, 11) is 0. The van der Waals surface area contributed by atoms with E-state index < -0.39 is 0 Å². The third-order valence-electron chi connectivity index (χ3n) is 5.23. The van der Waals surface area contributed by atoms with Crippen molar-refractivity contribution in [3.63, 3.8) is 0 Å². The van der Waals surface area contributed by atoms with E-state index >= 15 is 0 Å². The van der Waals surface area contributed by atoms with Gasteiger partial charge >= 0.3 is 0 Å². The summed E-state index contributed by atoms with van der Waals surface area (Å²) >= 11 is 0. The smallest absolute Gasteiger partial charge is 0.171 e. The molecule has 4 rings (SSSR count). The van der Waals surface area contributed by atoms with E-state index in [9.17, 15) is 4.79 Å². The molecular weight excluding hydrogens is 318 g/mol. The molecule has 0 bridgehead atoms. The first-order valence-corrected chi connectivity index (χ1v) is 9.40. The summed E-state index contributed by atoms with van der Waals surface area (Å²) in [4.78, 5) is 17.6. The van der Waals surface area contributed by atoms with Crippen LogP contribution < -0.4 is 0 Å². The van der Waals surface area contributed by atoms with Gasteiger partial charge in [0, 0.05) is 10.9 Å². The molecule has 0 spiro atoms. The molecule has 2 heteroatoms. The van der Waals surface area contributed by atoms with Gasteiger partial charge in [0.05, 0.1) is 17.8 Å². The summed E-state index contributed by atoms with van der Waals surface area (Å²) in [5.41, 5.74) is 6.05. The molecule has 0 fully saturated rings. The average Bonchev–Trinajstić information content (AvgIpc) is 2.67. The third kappa shape index (κ3) is 2.96. The van der Waals surface area contributed by atoms with Crippen molar-refractivity contribution in [1.82, 2.24) is 0 Å². The molecule has 3 aromatic carbocycles. The van der Waals surface area contributed by atoms with Crippen LogP contribution in [-0.2, 0) is 6.42 Å². The molecule has 0 saturated heterocycles. The summed E-state index contributed by atoms with van der Waals surface area (Å²) in [5.74, 6) is 0.156. The van der Waals surface area contributed by atoms with Gasteiger partial charge < -0.3 is 0 Å². The van der Waals surface area contributed by atoms with Crippen molar-refractivity contribution in [3.8, 4) is 0 Å². The number of nitrogens with zero attached hydrogens (tertiary/aromatic N) is 1. The van der Waals surface area contributed by atoms with E-state index in [4.69, 9.17) is 4.99 Å². The maximum absolute atomic E-state index is 12.7. The highest BCUT2D eigenvalue weighted by Crippen LogP contribution is 2.36. The Kier molecular flexibility index (Phi) is 4.42. The minimum atomic E-state index is 0.156. The van der Waals surface area contributed by atoms with Crippen LogP contribution in [0, 0.1) is 6.92 Å². The number of ketones is 1. The molecule has 3 aromatic rings. The van der Waals surface area contributed by atoms with Crippen molar-refractivity contribution < 1.29 is 4.79 Å². The number of carbonyl (C=O) groups excluding carboxylic acids is 1. The van der Waals surface area contributed by atoms with Crippen molar-refractivity contribution in [2.75, 3.05) is 0 Å². The van der Waals surface area contributed by atoms with Gasteiger partial charge in [-0.2, -0.15) is 0 Å². The van der Waals surface area contributed by atoms with E-state index in [1.54, 1.807) is 0 Å². The standard InChI is InChI=1S/C24H23NO/c1-3-4-7-17-9-11-18(12-10-17)22-15-23(26)21-14-13-19-16(2)6-5-8-20(19)24(21)25-22/h5-6,8-14H,3-4,7,15H2,1-2H3. The fourth-order valence-electron chi connectivity index (χ4n) is 3.68. The van der Waals surface area contributed by atoms with E-state index in [0.717, 1.165) is 34.3 Å². The summed E-state index contributed by atoms with van der Waals surface area (Å²) in [6, 6.07) is 18.7. The summed E-state index contributed by atoms with van der Waals surface area (Å²) in [5, 5.41) is 2.23. The predicted molar refractivity (Wildman–Crippen MR) is 109 cm³/mol. The molecule has 130 valence electrons. The summed E-state index contributed by atoms with van der Waals surface area (Å²) in [6.07, 6.45) is 3.89. The van der Waals surface area contributed by atoms with E-state index in [2.05, 4.69) is 50.2 Å². The maximum atomic E-state index is 12.7. The van der Waals surface area contributed by atoms with Crippen LogP contribution in [0.25, 0.3) is 10.8 Å². The highest BCUT2D eigenvalue weighted by atomic mass is 16.1. The molecule has 26 heavy (non-hydrogen) atoms. The van der Waals surface area contributed by atoms with Crippen LogP contribution in [0.15, 0.2) is 59.6 Å². The Labute approximate surface area is 154 Å². The minimum Gasteiger partial charge on any atom is -0.294 e. The normalized spacial score (nSPS) is 13.6. The van der Waals surface area contributed by atoms with E-state index in [1.165, 1.54) is 29.4 Å². The Bertz CT molecular complexity index is 1010. The molecule has 0 N–H and O–H groups in total. The zero-order valence-corrected chi connectivity index (χ0v) is 15.4. The van der Waals surface area contributed by atoms with Gasteiger partial charge in [0.15, 0.2) is 5.78 Å². The number of hydrogen-bond donors (Lipinski definition) is 0. The molecule has 2 nitrogen and oxygen atoms in total. The van der Waals surface area contributed by atoms with Crippen LogP contribution in [-0.4, -0.2) is 11.5 Å². The van der Waals surface area contributed by atoms with Crippen LogP contribution in [0.3, 0.4) is 0 Å². The lowest BCUT2D eigenvalue weighted by Crippen LogP contribution is -2.14. The second-order valence-electron chi connectivity index (χ2n) is 7.09. The van der Waals surface area contributed by atoms with Gasteiger partial charge in [-0.3, -0.25) is 9.79 Å². The quantitative estimate of drug-likeness (QED) is 0.555. The van der Waals surface area contributed by atoms with E-state index in [-0.39, 0.29) is 5.78 Å². The zero-order valence-electron chi connectivity index (χ0n) is 15.4. The van der Waals surface area contributed by atoms with E-state index in [0.29, 0.717) is 6.42 Å². The van der Waals surface area contributed by atoms with Gasteiger partial charge in [-0.15, -0.1) is 0 Å². The number of unbranched alkanes of at least 4 members (excludes halogenated alkanes) is 1. The molecule has 0 radical (unpaired) electrons. The first-order valence-electron chi connectivity index (χ1n) is 9.40. The van der Waals surface area contributed by atoms with Crippen molar-refractivity contribution in [3.05, 3.63) is 76.9 Å². The number of hydrogen-bond acceptors (Lipinski definition) is 2. The largest absolute Gasteiger partial charge is 0.294 e. The zero-order chi connectivity index (χ0) is 18.1. The number of aliphatic imine (C=N–C) groups is 1. The van der Waals surface area contributed by atoms with Crippen LogP contribution >= 0.6 is 0 Å². The Morgan fingerprint density at radius 1 is 0.962 bits per heavy atom. The molecule has 0 saturated carbocycles. The lowest BCUT2D eigenvalue weighted by atomic mass is 9.92. The molecule has 1 heterocycles. The first kappa shape index (κ1) is 16.7. The summed E-state index contributed by atoms with van der Waals surface area (Å²) in [6.45, 7) is 4.30. The number of benzene rings is 3. The van der Waals surface area contributed by atoms with Crippen molar-refractivity contribution in [2.45, 2.75) is 39.5 Å². The Balaban J connectivity index is 1.78. The fourth-order valence-corrected chi connectivity index (χ4v) is 3.68. The number of rotatable bonds is 4. The average molecular weight is 341 g/mol. The molecule has 0 atom stereocenters. The van der Waals surface area contributed by atoms with Crippen LogP contribution in [0.2, 0.25) is 0 Å². The number of fused-ring (bicyclic) bond motifs is 3. The van der Waals surface area contributed by atoms with Gasteiger partial charge in [-0.1, -0.05) is 61.9 Å². The lowest BCUT2D eigenvalue weighted by Gasteiger charge is -2.17. The fraction of sp³-hybridized carbons (Fsp3) is 0.250. The van der Waals surface area contributed by atoms with E-state index in [1.807, 2.05) is 18.2 Å². The third-order valence-corrected chi connectivity index (χ3v) is 5.23. The molecule has 0 unspecified atom stereocenters. The topological polar surface area (TPSA) is 29.4 Å². The minimum absolute atomic E-state index is 0.156. The van der Waals surface area contributed by atoms with Gasteiger partial charge in [0.1, 0.15) is 0 Å². The second-order valence-corrected chi connectivity index (χ2v) is 7.09. The Morgan fingerprint density at radius 2 is 1.77 bits per heavy atom. The highest BCUT2D eigenvalue weighted by molar-refractivity contribution is 6.23. The van der Waals surface area contributed by atoms with Crippen LogP contribution in [0.5, 0.6) is 0 Å². The first-order chi connectivity index (χ1) is 12.7. The van der Waals surface area contributed by atoms with Gasteiger partial charge in [0.25, 0.3) is 0 Å². The number of Topliss-reactive ketones (excluding diaryl/α,β-unsaturated/α-hetero) is 1. The molecule has 1 aliphatic heterocycles. The van der Waals surface area contributed by atoms with Crippen molar-refractivity contribution in [1.29, 1.82) is 0 Å². The molecule has 0 aliphatic carbocycles. The predicted octanol–water partition coefficient (Wildman–Crippen LogP) is 6.20. The highest BCUT2D eigenvalue weighted by Gasteiger charge is 2.22. The van der Waals surface area contributed by atoms with Crippen LogP contribution in [0.4, 0.5) is 5.69 Å². The van der Waals surface area contributed by atoms with Crippen LogP contribution in [0.1, 0.15) is 53.2 Å². The Morgan fingerprint density at radius 3 is 2.54 bits per heavy atom. The lowest BCUT2D eigenvalue weighted by molar-refractivity contribution is 0.1000. The SMILES string of the molecule is CCCCc1ccc(C2=Nc3c(ccc4c(C)cccc34)C(=O)C2)cc1. The van der Waals surface area contributed by atoms with Gasteiger partial charge in [-0.05, 0) is 47.9 Å². The number of aryl methyl sites for hydroxylation is 2. The monoisotopic (exact) mass is 341 g/mol. The number of carbonyl (C=O) groups is 1. The van der Waals surface area contributed by atoms with Gasteiger partial charge in [-0.25, -0.2) is 0 Å². The molecular formula is C24H23NO. The molecule has 0 amide bonds. The Hall–Kier alpha value is -2.74. The molecule has 0 aromatic heterocycles. The summed E-state index contributed by atoms with van der Waals surface area (Å²) < 4.78 is 0.